The van der Waals surface area contributed by atoms with Crippen LogP contribution in [0.5, 0.6) is 0 Å². The molecule has 3 heterocycles. The lowest BCUT2D eigenvalue weighted by Crippen LogP contribution is -2.51. The highest BCUT2D eigenvalue weighted by atomic mass is 35.5. The largest absolute Gasteiger partial charge is 0.365 e. The molecule has 2 aromatic heterocycles. The van der Waals surface area contributed by atoms with Crippen molar-refractivity contribution >= 4 is 34.7 Å². The molecule has 0 saturated carbocycles. The fraction of sp³-hybridized carbons (Fsp3) is 0.364. The van der Waals surface area contributed by atoms with Gasteiger partial charge in [-0.2, -0.15) is 0 Å². The van der Waals surface area contributed by atoms with Crippen molar-refractivity contribution < 1.29 is 9.18 Å². The number of rotatable bonds is 5. The van der Waals surface area contributed by atoms with Crippen LogP contribution in [0.3, 0.4) is 0 Å². The number of piperidine rings is 1. The quantitative estimate of drug-likeness (QED) is 0.577. The van der Waals surface area contributed by atoms with Crippen LogP contribution in [0.2, 0.25) is 5.15 Å². The molecule has 1 N–H and O–H groups in total. The summed E-state index contributed by atoms with van der Waals surface area (Å²) in [5.41, 5.74) is 1.21. The second-order valence-electron chi connectivity index (χ2n) is 7.68. The molecule has 0 spiro atoms. The van der Waals surface area contributed by atoms with Crippen molar-refractivity contribution in [1.29, 1.82) is 0 Å². The van der Waals surface area contributed by atoms with E-state index in [9.17, 15) is 9.18 Å². The number of nitrogens with zero attached hydrogens (tertiary/aromatic N) is 4. The number of likely N-dealkylation sites (tertiary alicyclic amines) is 1. The van der Waals surface area contributed by atoms with Crippen LogP contribution in [0, 0.1) is 18.7 Å². The Labute approximate surface area is 189 Å². The van der Waals surface area contributed by atoms with Crippen LogP contribution in [0.1, 0.15) is 35.3 Å². The third-order valence-electron chi connectivity index (χ3n) is 5.55. The number of nitrogens with one attached hydrogen (secondary N) is 1. The van der Waals surface area contributed by atoms with Gasteiger partial charge in [0.25, 0.3) is 5.91 Å². The molecule has 1 saturated heterocycles. The first kappa shape index (κ1) is 21.6. The van der Waals surface area contributed by atoms with Gasteiger partial charge in [0.05, 0.1) is 15.9 Å². The predicted molar refractivity (Wildman–Crippen MR) is 121 cm³/mol. The van der Waals surface area contributed by atoms with Crippen LogP contribution in [0.4, 0.5) is 10.2 Å². The van der Waals surface area contributed by atoms with E-state index in [-0.39, 0.29) is 17.8 Å². The lowest BCUT2D eigenvalue weighted by molar-refractivity contribution is 0.0535. The maximum absolute atomic E-state index is 13.6. The third kappa shape index (κ3) is 4.70. The van der Waals surface area contributed by atoms with Gasteiger partial charge in [-0.25, -0.2) is 19.3 Å². The summed E-state index contributed by atoms with van der Waals surface area (Å²) < 4.78 is 13.4. The Morgan fingerprint density at radius 3 is 2.77 bits per heavy atom. The van der Waals surface area contributed by atoms with Crippen LogP contribution < -0.4 is 5.32 Å². The summed E-state index contributed by atoms with van der Waals surface area (Å²) in [6.45, 7) is 5.20. The highest BCUT2D eigenvalue weighted by molar-refractivity contribution is 7.15. The maximum atomic E-state index is 13.6. The monoisotopic (exact) mass is 459 g/mol. The fourth-order valence-corrected chi connectivity index (χ4v) is 5.05. The number of hydrogen-bond donors (Lipinski definition) is 1. The molecule has 1 aliphatic rings. The summed E-state index contributed by atoms with van der Waals surface area (Å²) in [4.78, 5) is 29.1. The molecule has 0 aliphatic carbocycles. The zero-order chi connectivity index (χ0) is 22.0. The molecule has 9 heteroatoms. The first-order valence-electron chi connectivity index (χ1n) is 10.2. The van der Waals surface area contributed by atoms with Gasteiger partial charge in [-0.1, -0.05) is 30.7 Å². The van der Waals surface area contributed by atoms with Gasteiger partial charge >= 0.3 is 0 Å². The molecule has 6 nitrogen and oxygen atoms in total. The Hall–Kier alpha value is -2.58. The first-order chi connectivity index (χ1) is 14.9. The maximum Gasteiger partial charge on any atom is 0.274 e. The zero-order valence-electron chi connectivity index (χ0n) is 17.3. The highest BCUT2D eigenvalue weighted by Crippen LogP contribution is 2.33. The average Bonchev–Trinajstić information content (AvgIpc) is 3.15. The normalized spacial score (nSPS) is 18.8. The smallest absolute Gasteiger partial charge is 0.274 e. The molecule has 1 aromatic carbocycles. The molecule has 1 amide bonds. The molecular weight excluding hydrogens is 437 g/mol. The van der Waals surface area contributed by atoms with Crippen LogP contribution >= 0.6 is 22.9 Å². The Balaban J connectivity index is 1.60. The Kier molecular flexibility index (Phi) is 6.48. The molecule has 31 heavy (non-hydrogen) atoms. The minimum absolute atomic E-state index is 0.0394. The van der Waals surface area contributed by atoms with Crippen molar-refractivity contribution in [3.63, 3.8) is 0 Å². The second-order valence-corrected chi connectivity index (χ2v) is 9.24. The summed E-state index contributed by atoms with van der Waals surface area (Å²) in [7, 11) is 0. The molecule has 3 aromatic rings. The minimum atomic E-state index is -0.309. The van der Waals surface area contributed by atoms with E-state index in [1.165, 1.54) is 29.7 Å². The van der Waals surface area contributed by atoms with Gasteiger partial charge in [-0.05, 0) is 43.4 Å². The number of hydrogen-bond acceptors (Lipinski definition) is 6. The number of halogens is 2. The van der Waals surface area contributed by atoms with Crippen molar-refractivity contribution in [3.05, 3.63) is 58.3 Å². The van der Waals surface area contributed by atoms with Gasteiger partial charge in [0.1, 0.15) is 11.5 Å². The van der Waals surface area contributed by atoms with Crippen molar-refractivity contribution in [1.82, 2.24) is 19.9 Å². The van der Waals surface area contributed by atoms with Crippen LogP contribution in [0.25, 0.3) is 10.4 Å². The number of anilines is 1. The van der Waals surface area contributed by atoms with E-state index in [0.717, 1.165) is 28.3 Å². The molecule has 1 fully saturated rings. The summed E-state index contributed by atoms with van der Waals surface area (Å²) >= 11 is 7.57. The number of benzene rings is 1. The van der Waals surface area contributed by atoms with Crippen molar-refractivity contribution in [2.75, 3.05) is 18.4 Å². The van der Waals surface area contributed by atoms with Gasteiger partial charge in [0.2, 0.25) is 0 Å². The van der Waals surface area contributed by atoms with Crippen molar-refractivity contribution in [3.8, 4) is 10.4 Å². The van der Waals surface area contributed by atoms with E-state index in [0.29, 0.717) is 35.7 Å². The summed E-state index contributed by atoms with van der Waals surface area (Å²) in [5.74, 6) is 0.393. The number of aryl methyl sites for hydroxylation is 1. The highest BCUT2D eigenvalue weighted by Gasteiger charge is 2.34. The van der Waals surface area contributed by atoms with Gasteiger partial charge in [-0.3, -0.25) is 4.79 Å². The second kappa shape index (κ2) is 9.28. The number of carbonyl (C=O) groups excluding carboxylic acids is 1. The van der Waals surface area contributed by atoms with Gasteiger partial charge < -0.3 is 10.2 Å². The molecule has 4 rings (SSSR count). The van der Waals surface area contributed by atoms with Crippen LogP contribution in [-0.2, 0) is 0 Å². The Bertz CT molecular complexity index is 1070. The average molecular weight is 460 g/mol. The fourth-order valence-electron chi connectivity index (χ4n) is 3.96. The number of carbonyl (C=O) groups is 1. The van der Waals surface area contributed by atoms with Crippen LogP contribution in [-0.4, -0.2) is 44.9 Å². The lowest BCUT2D eigenvalue weighted by atomic mass is 9.90. The summed E-state index contributed by atoms with van der Waals surface area (Å²) in [6.07, 6.45) is 5.08. The van der Waals surface area contributed by atoms with Crippen molar-refractivity contribution in [2.45, 2.75) is 32.7 Å². The molecule has 0 unspecified atom stereocenters. The summed E-state index contributed by atoms with van der Waals surface area (Å²) in [6, 6.07) is 6.14. The van der Waals surface area contributed by atoms with E-state index >= 15 is 0 Å². The molecular formula is C22H23ClFN5OS. The van der Waals surface area contributed by atoms with Crippen molar-refractivity contribution in [2.24, 2.45) is 5.92 Å². The third-order valence-corrected chi connectivity index (χ3v) is 6.85. The minimum Gasteiger partial charge on any atom is -0.365 e. The molecule has 1 aliphatic heterocycles. The summed E-state index contributed by atoms with van der Waals surface area (Å²) in [5, 5.41) is 4.35. The zero-order valence-corrected chi connectivity index (χ0v) is 18.9. The van der Waals surface area contributed by atoms with E-state index in [2.05, 4.69) is 27.2 Å². The SMILES string of the molecule is Cc1nc(C(=O)N2CCC[C@H](C)[C@@H]2CNc2nccnc2Cl)c(-c2ccc(F)cc2)s1. The van der Waals surface area contributed by atoms with E-state index in [4.69, 9.17) is 11.6 Å². The van der Waals surface area contributed by atoms with E-state index in [1.807, 2.05) is 11.8 Å². The molecule has 2 atom stereocenters. The number of thiazole rings is 1. The number of amides is 1. The Morgan fingerprint density at radius 1 is 1.29 bits per heavy atom. The Morgan fingerprint density at radius 2 is 2.03 bits per heavy atom. The molecule has 0 radical (unpaired) electrons. The predicted octanol–water partition coefficient (Wildman–Crippen LogP) is 5.05. The van der Waals surface area contributed by atoms with Gasteiger partial charge in [-0.15, -0.1) is 11.3 Å². The van der Waals surface area contributed by atoms with E-state index in [1.54, 1.807) is 18.3 Å². The van der Waals surface area contributed by atoms with Gasteiger partial charge in [0, 0.05) is 25.5 Å². The van der Waals surface area contributed by atoms with Gasteiger partial charge in [0.15, 0.2) is 11.0 Å². The molecule has 0 bridgehead atoms. The number of aromatic nitrogens is 3. The van der Waals surface area contributed by atoms with E-state index < -0.39 is 0 Å². The topological polar surface area (TPSA) is 71.0 Å². The lowest BCUT2D eigenvalue weighted by Gasteiger charge is -2.40. The standard InChI is InChI=1S/C22H23ClFN5OS/c1-13-4-3-11-29(17(13)12-27-21-20(23)25-9-10-26-21)22(30)18-19(31-14(2)28-18)15-5-7-16(24)8-6-15/h5-10,13,17H,3-4,11-12H2,1-2H3,(H,26,27)/t13-,17-/m0/s1. The molecule has 162 valence electrons. The van der Waals surface area contributed by atoms with Crippen LogP contribution in [0.15, 0.2) is 36.7 Å². The first-order valence-corrected chi connectivity index (χ1v) is 11.4.